The van der Waals surface area contributed by atoms with Crippen LogP contribution in [0.1, 0.15) is 73.0 Å². The summed E-state index contributed by atoms with van der Waals surface area (Å²) in [5.74, 6) is 0.520. The Bertz CT molecular complexity index is 1010. The summed E-state index contributed by atoms with van der Waals surface area (Å²) in [6.45, 7) is 4.16. The molecule has 2 aliphatic rings. The number of carbonyl (C=O) groups excluding carboxylic acids is 1. The van der Waals surface area contributed by atoms with Gasteiger partial charge in [0, 0.05) is 24.3 Å². The fourth-order valence-corrected chi connectivity index (χ4v) is 4.49. The number of fused-ring (bicyclic) bond motifs is 1. The van der Waals surface area contributed by atoms with Gasteiger partial charge in [-0.2, -0.15) is 10.4 Å². The number of hydrogen-bond acceptors (Lipinski definition) is 6. The molecule has 9 heteroatoms. The number of nitrogens with one attached hydrogen (secondary N) is 1. The number of carbonyl (C=O) groups is 1. The molecule has 1 aliphatic heterocycles. The molecule has 30 heavy (non-hydrogen) atoms. The van der Waals surface area contributed by atoms with E-state index in [2.05, 4.69) is 30.3 Å². The maximum Gasteiger partial charge on any atom is 0.527 e. The largest absolute Gasteiger partial charge is 0.536 e. The summed E-state index contributed by atoms with van der Waals surface area (Å²) in [7, 11) is -0.845. The first-order valence-electron chi connectivity index (χ1n) is 10.4. The van der Waals surface area contributed by atoms with Crippen LogP contribution in [-0.2, 0) is 6.32 Å². The third kappa shape index (κ3) is 3.75. The van der Waals surface area contributed by atoms with Crippen molar-refractivity contribution in [3.05, 3.63) is 35.0 Å². The first-order valence-corrected chi connectivity index (χ1v) is 10.4. The molecule has 4 N–H and O–H groups in total. The summed E-state index contributed by atoms with van der Waals surface area (Å²) in [6, 6.07) is 6.11. The van der Waals surface area contributed by atoms with Crippen molar-refractivity contribution in [2.75, 3.05) is 5.32 Å². The van der Waals surface area contributed by atoms with Crippen LogP contribution in [0.5, 0.6) is 5.75 Å². The number of nitriles is 1. The van der Waals surface area contributed by atoms with Crippen LogP contribution in [0, 0.1) is 17.2 Å². The number of nitrogens with zero attached hydrogens (tertiary/aromatic N) is 3. The van der Waals surface area contributed by atoms with Crippen molar-refractivity contribution < 1.29 is 14.5 Å². The van der Waals surface area contributed by atoms with Gasteiger partial charge in [0.05, 0.1) is 18.0 Å². The van der Waals surface area contributed by atoms with Crippen LogP contribution in [0.4, 0.5) is 11.5 Å². The van der Waals surface area contributed by atoms with Crippen molar-refractivity contribution in [3.8, 4) is 11.8 Å². The molecule has 0 bridgehead atoms. The Balaban J connectivity index is 1.69. The zero-order chi connectivity index (χ0) is 21.4. The van der Waals surface area contributed by atoms with E-state index >= 15 is 0 Å². The Labute approximate surface area is 176 Å². The van der Waals surface area contributed by atoms with Crippen LogP contribution < -0.4 is 15.7 Å². The molecule has 1 aromatic heterocycles. The summed E-state index contributed by atoms with van der Waals surface area (Å²) in [5.41, 5.74) is 8.68. The lowest BCUT2D eigenvalue weighted by atomic mass is 9.81. The third-order valence-electron chi connectivity index (χ3n) is 6.00. The topological polar surface area (TPSA) is 126 Å². The monoisotopic (exact) mass is 407 g/mol. The van der Waals surface area contributed by atoms with Gasteiger partial charge in [0.1, 0.15) is 11.3 Å². The zero-order valence-electron chi connectivity index (χ0n) is 17.3. The van der Waals surface area contributed by atoms with E-state index in [1.165, 1.54) is 0 Å². The summed E-state index contributed by atoms with van der Waals surface area (Å²) in [4.78, 5) is 12.1. The Morgan fingerprint density at radius 2 is 2.20 bits per heavy atom. The molecule has 2 atom stereocenters. The SMILES string of the molecule is CC(C)c1cc(Nc2nn([C@@H]3CCCC[C@H]3C#N)cc2C(N)=O)cc2c1CB(O)O2. The zero-order valence-corrected chi connectivity index (χ0v) is 17.3. The van der Waals surface area contributed by atoms with E-state index in [9.17, 15) is 15.1 Å². The molecule has 1 saturated carbocycles. The second-order valence-corrected chi connectivity index (χ2v) is 8.42. The standard InChI is InChI=1S/C21H26BN5O3/c1-12(2)15-7-14(8-19-16(15)9-22(29)30-19)25-21-17(20(24)28)11-27(26-21)18-6-4-3-5-13(18)10-23/h7-8,11-13,18,29H,3-6,9H2,1-2H3,(H2,24,28)(H,25,26)/t13-,18+/m0/s1. The van der Waals surface area contributed by atoms with Gasteiger partial charge in [0.25, 0.3) is 5.91 Å². The van der Waals surface area contributed by atoms with Gasteiger partial charge in [-0.05, 0) is 36.0 Å². The van der Waals surface area contributed by atoms with Gasteiger partial charge in [-0.25, -0.2) is 0 Å². The van der Waals surface area contributed by atoms with Crippen molar-refractivity contribution in [1.82, 2.24) is 9.78 Å². The molecular weight excluding hydrogens is 381 g/mol. The molecule has 156 valence electrons. The van der Waals surface area contributed by atoms with Crippen LogP contribution in [-0.4, -0.2) is 27.8 Å². The summed E-state index contributed by atoms with van der Waals surface area (Å²) in [6.07, 6.45) is 5.84. The summed E-state index contributed by atoms with van der Waals surface area (Å²) < 4.78 is 7.26. The van der Waals surface area contributed by atoms with E-state index in [4.69, 9.17) is 10.4 Å². The number of hydrogen-bond donors (Lipinski definition) is 3. The minimum absolute atomic E-state index is 0.0675. The normalized spacial score (nSPS) is 20.6. The van der Waals surface area contributed by atoms with Crippen molar-refractivity contribution in [2.24, 2.45) is 11.7 Å². The highest BCUT2D eigenvalue weighted by molar-refractivity contribution is 6.44. The Morgan fingerprint density at radius 1 is 1.43 bits per heavy atom. The van der Waals surface area contributed by atoms with Gasteiger partial charge in [0.2, 0.25) is 0 Å². The van der Waals surface area contributed by atoms with E-state index in [0.29, 0.717) is 23.6 Å². The predicted octanol–water partition coefficient (Wildman–Crippen LogP) is 3.06. The average Bonchev–Trinajstić information content (AvgIpc) is 3.30. The smallest absolute Gasteiger partial charge is 0.527 e. The lowest BCUT2D eigenvalue weighted by Gasteiger charge is -2.26. The minimum Gasteiger partial charge on any atom is -0.536 e. The molecule has 2 heterocycles. The first-order chi connectivity index (χ1) is 14.4. The Morgan fingerprint density at radius 3 is 2.90 bits per heavy atom. The van der Waals surface area contributed by atoms with Crippen molar-refractivity contribution in [2.45, 2.75) is 57.8 Å². The summed E-state index contributed by atoms with van der Waals surface area (Å²) in [5, 5.41) is 27.2. The van der Waals surface area contributed by atoms with Gasteiger partial charge >= 0.3 is 7.12 Å². The molecule has 0 radical (unpaired) electrons. The number of benzene rings is 1. The molecule has 1 aromatic carbocycles. The molecule has 8 nitrogen and oxygen atoms in total. The van der Waals surface area contributed by atoms with E-state index in [0.717, 1.165) is 36.8 Å². The number of aromatic nitrogens is 2. The maximum atomic E-state index is 12.1. The van der Waals surface area contributed by atoms with Crippen molar-refractivity contribution in [1.29, 1.82) is 5.26 Å². The van der Waals surface area contributed by atoms with Gasteiger partial charge in [-0.3, -0.25) is 9.48 Å². The maximum absolute atomic E-state index is 12.1. The van der Waals surface area contributed by atoms with E-state index in [-0.39, 0.29) is 23.4 Å². The van der Waals surface area contributed by atoms with Crippen molar-refractivity contribution >= 4 is 24.5 Å². The Kier molecular flexibility index (Phi) is 5.43. The summed E-state index contributed by atoms with van der Waals surface area (Å²) >= 11 is 0. The second kappa shape index (κ2) is 8.03. The van der Waals surface area contributed by atoms with Crippen LogP contribution in [0.2, 0.25) is 0 Å². The molecule has 0 saturated heterocycles. The molecule has 0 spiro atoms. The van der Waals surface area contributed by atoms with Crippen LogP contribution in [0.15, 0.2) is 18.3 Å². The van der Waals surface area contributed by atoms with Gasteiger partial charge in [-0.1, -0.05) is 26.7 Å². The molecule has 1 fully saturated rings. The van der Waals surface area contributed by atoms with Crippen LogP contribution >= 0.6 is 0 Å². The van der Waals surface area contributed by atoms with E-state index in [1.54, 1.807) is 16.9 Å². The number of nitrogens with two attached hydrogens (primary N) is 1. The number of amides is 1. The van der Waals surface area contributed by atoms with Crippen LogP contribution in [0.25, 0.3) is 0 Å². The van der Waals surface area contributed by atoms with Crippen molar-refractivity contribution in [3.63, 3.8) is 0 Å². The number of rotatable bonds is 5. The molecule has 0 unspecified atom stereocenters. The van der Waals surface area contributed by atoms with Gasteiger partial charge in [-0.15, -0.1) is 0 Å². The minimum atomic E-state index is -0.845. The van der Waals surface area contributed by atoms with E-state index in [1.807, 2.05) is 6.07 Å². The van der Waals surface area contributed by atoms with Crippen LogP contribution in [0.3, 0.4) is 0 Å². The Hall–Kier alpha value is -2.99. The molecular formula is C21H26BN5O3. The third-order valence-corrected chi connectivity index (χ3v) is 6.00. The van der Waals surface area contributed by atoms with E-state index < -0.39 is 13.0 Å². The van der Waals surface area contributed by atoms with Gasteiger partial charge in [0.15, 0.2) is 5.82 Å². The second-order valence-electron chi connectivity index (χ2n) is 8.42. The first kappa shape index (κ1) is 20.3. The van der Waals surface area contributed by atoms with Gasteiger partial charge < -0.3 is 20.7 Å². The molecule has 1 aliphatic carbocycles. The molecule has 1 amide bonds. The fourth-order valence-electron chi connectivity index (χ4n) is 4.49. The quantitative estimate of drug-likeness (QED) is 0.654. The highest BCUT2D eigenvalue weighted by Crippen LogP contribution is 2.38. The number of anilines is 2. The fraction of sp³-hybridized carbons (Fsp3) is 0.476. The molecule has 2 aromatic rings. The predicted molar refractivity (Wildman–Crippen MR) is 113 cm³/mol. The highest BCUT2D eigenvalue weighted by atomic mass is 16.5. The average molecular weight is 407 g/mol. The number of primary amides is 1. The lowest BCUT2D eigenvalue weighted by Crippen LogP contribution is -2.22. The highest BCUT2D eigenvalue weighted by Gasteiger charge is 2.31. The lowest BCUT2D eigenvalue weighted by molar-refractivity contribution is 0.100. The molecule has 4 rings (SSSR count).